The average molecular weight is 270 g/mol. The molecule has 3 N–H and O–H groups in total. The molecule has 1 amide bonds. The van der Waals surface area contributed by atoms with Gasteiger partial charge in [-0.15, -0.1) is 0 Å². The fourth-order valence-corrected chi connectivity index (χ4v) is 2.76. The van der Waals surface area contributed by atoms with Crippen molar-refractivity contribution in [2.75, 3.05) is 13.2 Å². The Kier molecular flexibility index (Phi) is 6.27. The van der Waals surface area contributed by atoms with Crippen LogP contribution in [0.5, 0.6) is 0 Å². The number of aliphatic hydroxyl groups excluding tert-OH is 1. The Bertz CT molecular complexity index is 294. The number of rotatable bonds is 6. The quantitative estimate of drug-likeness (QED) is 0.688. The summed E-state index contributed by atoms with van der Waals surface area (Å²) in [5, 5.41) is 15.9. The number of aliphatic hydroxyl groups is 1. The summed E-state index contributed by atoms with van der Waals surface area (Å²) in [5.41, 5.74) is -0.254. The Morgan fingerprint density at radius 2 is 2.11 bits per heavy atom. The summed E-state index contributed by atoms with van der Waals surface area (Å²) in [7, 11) is 0. The normalized spacial score (nSPS) is 29.3. The summed E-state index contributed by atoms with van der Waals surface area (Å²) in [4.78, 5) is 11.9. The summed E-state index contributed by atoms with van der Waals surface area (Å²) in [6.45, 7) is 8.83. The lowest BCUT2D eigenvalue weighted by Gasteiger charge is -2.39. The van der Waals surface area contributed by atoms with E-state index >= 15 is 0 Å². The molecule has 0 radical (unpaired) electrons. The van der Waals surface area contributed by atoms with Gasteiger partial charge in [-0.05, 0) is 31.6 Å². The SMILES string of the molecule is CC1CCCC(CO)(NCC(=O)NC(C)C(C)C)C1. The van der Waals surface area contributed by atoms with Crippen molar-refractivity contribution >= 4 is 5.91 Å². The lowest BCUT2D eigenvalue weighted by molar-refractivity contribution is -0.121. The second kappa shape index (κ2) is 7.25. The molecule has 3 unspecified atom stereocenters. The summed E-state index contributed by atoms with van der Waals surface area (Å²) < 4.78 is 0. The maximum atomic E-state index is 11.9. The van der Waals surface area contributed by atoms with E-state index in [0.717, 1.165) is 19.3 Å². The third-order valence-electron chi connectivity index (χ3n) is 4.41. The zero-order valence-corrected chi connectivity index (χ0v) is 12.8. The molecule has 1 aliphatic rings. The van der Waals surface area contributed by atoms with E-state index in [0.29, 0.717) is 18.4 Å². The van der Waals surface area contributed by atoms with Gasteiger partial charge in [-0.1, -0.05) is 33.6 Å². The van der Waals surface area contributed by atoms with Crippen molar-refractivity contribution in [3.8, 4) is 0 Å². The van der Waals surface area contributed by atoms with Crippen molar-refractivity contribution in [2.24, 2.45) is 11.8 Å². The molecule has 1 fully saturated rings. The van der Waals surface area contributed by atoms with E-state index in [1.54, 1.807) is 0 Å². The van der Waals surface area contributed by atoms with Crippen LogP contribution in [0.4, 0.5) is 0 Å². The minimum Gasteiger partial charge on any atom is -0.394 e. The van der Waals surface area contributed by atoms with Crippen molar-refractivity contribution in [1.82, 2.24) is 10.6 Å². The molecule has 3 atom stereocenters. The standard InChI is InChI=1S/C15H30N2O2/c1-11(2)13(4)17-14(19)9-16-15(10-18)7-5-6-12(3)8-15/h11-13,16,18H,5-10H2,1-4H3,(H,17,19). The molecule has 0 spiro atoms. The molecule has 0 aromatic rings. The first kappa shape index (κ1) is 16.4. The first-order chi connectivity index (χ1) is 8.88. The molecule has 0 heterocycles. The third kappa shape index (κ3) is 5.11. The fourth-order valence-electron chi connectivity index (χ4n) is 2.76. The number of hydrogen-bond acceptors (Lipinski definition) is 3. The van der Waals surface area contributed by atoms with Gasteiger partial charge in [0.1, 0.15) is 0 Å². The van der Waals surface area contributed by atoms with E-state index < -0.39 is 0 Å². The second-order valence-electron chi connectivity index (χ2n) is 6.59. The predicted octanol–water partition coefficient (Wildman–Crippen LogP) is 1.68. The molecule has 1 aliphatic carbocycles. The molecule has 0 aromatic carbocycles. The maximum absolute atomic E-state index is 11.9. The smallest absolute Gasteiger partial charge is 0.234 e. The number of carbonyl (C=O) groups excluding carboxylic acids is 1. The van der Waals surface area contributed by atoms with Gasteiger partial charge < -0.3 is 15.7 Å². The Hall–Kier alpha value is -0.610. The number of carbonyl (C=O) groups is 1. The van der Waals surface area contributed by atoms with Gasteiger partial charge >= 0.3 is 0 Å². The monoisotopic (exact) mass is 270 g/mol. The minimum absolute atomic E-state index is 0.0206. The molecular weight excluding hydrogens is 240 g/mol. The summed E-state index contributed by atoms with van der Waals surface area (Å²) in [6.07, 6.45) is 4.26. The highest BCUT2D eigenvalue weighted by atomic mass is 16.3. The summed E-state index contributed by atoms with van der Waals surface area (Å²) in [6, 6.07) is 0.185. The van der Waals surface area contributed by atoms with Gasteiger partial charge in [-0.2, -0.15) is 0 Å². The zero-order chi connectivity index (χ0) is 14.5. The van der Waals surface area contributed by atoms with Crippen LogP contribution in [0.2, 0.25) is 0 Å². The van der Waals surface area contributed by atoms with E-state index in [9.17, 15) is 9.90 Å². The molecule has 4 nitrogen and oxygen atoms in total. The van der Waals surface area contributed by atoms with E-state index in [1.165, 1.54) is 6.42 Å². The third-order valence-corrected chi connectivity index (χ3v) is 4.41. The van der Waals surface area contributed by atoms with Crippen LogP contribution in [0, 0.1) is 11.8 Å². The molecule has 1 saturated carbocycles. The molecule has 1 rings (SSSR count). The van der Waals surface area contributed by atoms with Gasteiger partial charge in [0, 0.05) is 11.6 Å². The van der Waals surface area contributed by atoms with E-state index in [2.05, 4.69) is 31.4 Å². The molecular formula is C15H30N2O2. The molecule has 112 valence electrons. The Morgan fingerprint density at radius 1 is 1.42 bits per heavy atom. The van der Waals surface area contributed by atoms with Crippen LogP contribution in [0.25, 0.3) is 0 Å². The Balaban J connectivity index is 2.42. The highest BCUT2D eigenvalue weighted by Gasteiger charge is 2.34. The molecule has 0 bridgehead atoms. The number of nitrogens with one attached hydrogen (secondary N) is 2. The molecule has 0 saturated heterocycles. The van der Waals surface area contributed by atoms with E-state index in [-0.39, 0.29) is 24.1 Å². The maximum Gasteiger partial charge on any atom is 0.234 e. The Morgan fingerprint density at radius 3 is 2.63 bits per heavy atom. The van der Waals surface area contributed by atoms with Gasteiger partial charge in [0.25, 0.3) is 0 Å². The van der Waals surface area contributed by atoms with Gasteiger partial charge in [-0.25, -0.2) is 0 Å². The van der Waals surface area contributed by atoms with Crippen LogP contribution in [0.3, 0.4) is 0 Å². The topological polar surface area (TPSA) is 61.4 Å². The largest absolute Gasteiger partial charge is 0.394 e. The van der Waals surface area contributed by atoms with Crippen molar-refractivity contribution < 1.29 is 9.90 Å². The van der Waals surface area contributed by atoms with Crippen LogP contribution in [-0.4, -0.2) is 35.7 Å². The highest BCUT2D eigenvalue weighted by molar-refractivity contribution is 5.78. The van der Waals surface area contributed by atoms with Crippen molar-refractivity contribution in [2.45, 2.75) is 65.0 Å². The van der Waals surface area contributed by atoms with Gasteiger partial charge in [0.05, 0.1) is 13.2 Å². The first-order valence-electron chi connectivity index (χ1n) is 7.54. The molecule has 19 heavy (non-hydrogen) atoms. The van der Waals surface area contributed by atoms with Gasteiger partial charge in [0.2, 0.25) is 5.91 Å². The molecule has 0 aliphatic heterocycles. The summed E-state index contributed by atoms with van der Waals surface area (Å²) in [5.74, 6) is 1.07. The van der Waals surface area contributed by atoms with Crippen molar-refractivity contribution in [3.05, 3.63) is 0 Å². The number of hydrogen-bond donors (Lipinski definition) is 3. The highest BCUT2D eigenvalue weighted by Crippen LogP contribution is 2.31. The van der Waals surface area contributed by atoms with Crippen LogP contribution < -0.4 is 10.6 Å². The summed E-state index contributed by atoms with van der Waals surface area (Å²) >= 11 is 0. The first-order valence-corrected chi connectivity index (χ1v) is 7.54. The lowest BCUT2D eigenvalue weighted by Crippen LogP contribution is -2.55. The Labute approximate surface area is 117 Å². The van der Waals surface area contributed by atoms with Crippen molar-refractivity contribution in [3.63, 3.8) is 0 Å². The fraction of sp³-hybridized carbons (Fsp3) is 0.933. The predicted molar refractivity (Wildman–Crippen MR) is 77.9 cm³/mol. The zero-order valence-electron chi connectivity index (χ0n) is 12.8. The number of amides is 1. The average Bonchev–Trinajstić information content (AvgIpc) is 2.36. The van der Waals surface area contributed by atoms with E-state index in [4.69, 9.17) is 0 Å². The van der Waals surface area contributed by atoms with Crippen LogP contribution in [0.15, 0.2) is 0 Å². The minimum atomic E-state index is -0.254. The lowest BCUT2D eigenvalue weighted by atomic mass is 9.77. The van der Waals surface area contributed by atoms with Gasteiger partial charge in [-0.3, -0.25) is 4.79 Å². The van der Waals surface area contributed by atoms with Gasteiger partial charge in [0.15, 0.2) is 0 Å². The molecule has 4 heteroatoms. The van der Waals surface area contributed by atoms with E-state index in [1.807, 2.05) is 6.92 Å². The van der Waals surface area contributed by atoms with Crippen LogP contribution >= 0.6 is 0 Å². The second-order valence-corrected chi connectivity index (χ2v) is 6.59. The van der Waals surface area contributed by atoms with Crippen molar-refractivity contribution in [1.29, 1.82) is 0 Å². The molecule has 0 aromatic heterocycles. The van der Waals surface area contributed by atoms with Crippen LogP contribution in [0.1, 0.15) is 53.4 Å². The van der Waals surface area contributed by atoms with Crippen LogP contribution in [-0.2, 0) is 4.79 Å².